The molecule has 0 saturated carbocycles. The van der Waals surface area contributed by atoms with Crippen molar-refractivity contribution in [2.75, 3.05) is 0 Å². The first-order valence-corrected chi connectivity index (χ1v) is 4.69. The molecule has 0 aliphatic heterocycles. The second-order valence-corrected chi connectivity index (χ2v) is 3.75. The van der Waals surface area contributed by atoms with E-state index in [0.717, 1.165) is 0 Å². The molecule has 1 rings (SSSR count). The summed E-state index contributed by atoms with van der Waals surface area (Å²) in [5.74, 6) is -0.214. The van der Waals surface area contributed by atoms with E-state index >= 15 is 0 Å². The predicted molar refractivity (Wildman–Crippen MR) is 54.5 cm³/mol. The minimum absolute atomic E-state index is 0.214. The van der Waals surface area contributed by atoms with E-state index in [1.165, 1.54) is 6.92 Å². The highest BCUT2D eigenvalue weighted by Crippen LogP contribution is 2.26. The molecular weight excluding hydrogens is 255 g/mol. The van der Waals surface area contributed by atoms with Crippen molar-refractivity contribution in [1.82, 2.24) is 0 Å². The van der Waals surface area contributed by atoms with Crippen molar-refractivity contribution in [3.8, 4) is 0 Å². The van der Waals surface area contributed by atoms with Crippen LogP contribution >= 0.6 is 27.5 Å². The fraction of sp³-hybridized carbons (Fsp3) is 0.111. The van der Waals surface area contributed by atoms with Crippen molar-refractivity contribution < 1.29 is 9.59 Å². The van der Waals surface area contributed by atoms with Gasteiger partial charge < -0.3 is 0 Å². The monoisotopic (exact) mass is 260 g/mol. The van der Waals surface area contributed by atoms with Crippen molar-refractivity contribution in [1.29, 1.82) is 0 Å². The van der Waals surface area contributed by atoms with Gasteiger partial charge in [-0.1, -0.05) is 27.5 Å². The number of carbonyl (C=O) groups excluding carboxylic acids is 2. The molecule has 4 heteroatoms. The van der Waals surface area contributed by atoms with Crippen molar-refractivity contribution in [3.05, 3.63) is 32.8 Å². The molecule has 0 N–H and O–H groups in total. The summed E-state index contributed by atoms with van der Waals surface area (Å²) in [4.78, 5) is 21.8. The van der Waals surface area contributed by atoms with Crippen LogP contribution in [-0.2, 0) is 0 Å². The van der Waals surface area contributed by atoms with Crippen LogP contribution < -0.4 is 0 Å². The molecule has 68 valence electrons. The Morgan fingerprint density at radius 2 is 2.15 bits per heavy atom. The van der Waals surface area contributed by atoms with Crippen LogP contribution in [0, 0.1) is 0 Å². The Bertz CT molecular complexity index is 374. The molecule has 0 heterocycles. The zero-order valence-corrected chi connectivity index (χ0v) is 9.15. The van der Waals surface area contributed by atoms with E-state index in [1.807, 2.05) is 0 Å². The third-order valence-corrected chi connectivity index (χ3v) is 2.62. The molecule has 0 unspecified atom stereocenters. The van der Waals surface area contributed by atoms with Crippen LogP contribution in [0.1, 0.15) is 27.6 Å². The highest BCUT2D eigenvalue weighted by molar-refractivity contribution is 9.10. The zero-order chi connectivity index (χ0) is 10.0. The predicted octanol–water partition coefficient (Wildman–Crippen LogP) is 3.12. The number of hydrogen-bond donors (Lipinski definition) is 0. The van der Waals surface area contributed by atoms with E-state index in [4.69, 9.17) is 11.6 Å². The van der Waals surface area contributed by atoms with Gasteiger partial charge in [-0.15, -0.1) is 0 Å². The SMILES string of the molecule is CC(=O)c1c(Cl)ccc(Br)c1C=O. The van der Waals surface area contributed by atoms with E-state index in [0.29, 0.717) is 21.3 Å². The van der Waals surface area contributed by atoms with Crippen LogP contribution in [0.3, 0.4) is 0 Å². The first-order chi connectivity index (χ1) is 6.07. The third kappa shape index (κ3) is 1.98. The van der Waals surface area contributed by atoms with Gasteiger partial charge in [-0.3, -0.25) is 9.59 Å². The Hall–Kier alpha value is -0.670. The summed E-state index contributed by atoms with van der Waals surface area (Å²) >= 11 is 8.94. The number of ketones is 1. The number of Topliss-reactive ketones (excluding diaryl/α,β-unsaturated/α-hetero) is 1. The molecule has 0 aliphatic rings. The van der Waals surface area contributed by atoms with Gasteiger partial charge in [0.05, 0.1) is 5.02 Å². The summed E-state index contributed by atoms with van der Waals surface area (Å²) in [7, 11) is 0. The summed E-state index contributed by atoms with van der Waals surface area (Å²) < 4.78 is 0.581. The number of aldehydes is 1. The standard InChI is InChI=1S/C9H6BrClO2/c1-5(13)9-6(4-12)7(10)2-3-8(9)11/h2-4H,1H3. The fourth-order valence-electron chi connectivity index (χ4n) is 1.04. The van der Waals surface area contributed by atoms with Crippen molar-refractivity contribution >= 4 is 39.6 Å². The molecule has 0 saturated heterocycles. The summed E-state index contributed by atoms with van der Waals surface area (Å²) in [6.07, 6.45) is 0.618. The molecule has 1 aromatic carbocycles. The fourth-order valence-corrected chi connectivity index (χ4v) is 1.76. The van der Waals surface area contributed by atoms with Crippen LogP contribution in [0.15, 0.2) is 16.6 Å². The van der Waals surface area contributed by atoms with Gasteiger partial charge in [-0.2, -0.15) is 0 Å². The highest BCUT2D eigenvalue weighted by Gasteiger charge is 2.13. The average molecular weight is 262 g/mol. The zero-order valence-electron chi connectivity index (χ0n) is 6.80. The lowest BCUT2D eigenvalue weighted by Gasteiger charge is -2.04. The topological polar surface area (TPSA) is 34.1 Å². The smallest absolute Gasteiger partial charge is 0.162 e. The summed E-state index contributed by atoms with van der Waals surface area (Å²) in [6, 6.07) is 3.22. The largest absolute Gasteiger partial charge is 0.298 e. The summed E-state index contributed by atoms with van der Waals surface area (Å²) in [5.41, 5.74) is 0.575. The first kappa shape index (κ1) is 10.4. The first-order valence-electron chi connectivity index (χ1n) is 3.52. The molecule has 0 aromatic heterocycles. The van der Waals surface area contributed by atoms with Gasteiger partial charge >= 0.3 is 0 Å². The lowest BCUT2D eigenvalue weighted by atomic mass is 10.1. The summed E-state index contributed by atoms with van der Waals surface area (Å²) in [5, 5.41) is 0.304. The summed E-state index contributed by atoms with van der Waals surface area (Å²) in [6.45, 7) is 1.38. The van der Waals surface area contributed by atoms with Gasteiger partial charge in [-0.05, 0) is 19.1 Å². The van der Waals surface area contributed by atoms with Gasteiger partial charge in [0.25, 0.3) is 0 Å². The Balaban J connectivity index is 3.52. The molecule has 13 heavy (non-hydrogen) atoms. The van der Waals surface area contributed by atoms with E-state index < -0.39 is 0 Å². The van der Waals surface area contributed by atoms with Crippen LogP contribution in [0.2, 0.25) is 5.02 Å². The lowest BCUT2D eigenvalue weighted by Crippen LogP contribution is -2.00. The molecule has 2 nitrogen and oxygen atoms in total. The van der Waals surface area contributed by atoms with Crippen LogP contribution in [0.25, 0.3) is 0 Å². The minimum atomic E-state index is -0.214. The maximum Gasteiger partial charge on any atom is 0.162 e. The Morgan fingerprint density at radius 1 is 1.54 bits per heavy atom. The van der Waals surface area contributed by atoms with Crippen molar-refractivity contribution in [3.63, 3.8) is 0 Å². The molecule has 0 atom stereocenters. The van der Waals surface area contributed by atoms with Crippen molar-refractivity contribution in [2.45, 2.75) is 6.92 Å². The molecule has 1 aromatic rings. The van der Waals surface area contributed by atoms with E-state index in [1.54, 1.807) is 12.1 Å². The third-order valence-electron chi connectivity index (χ3n) is 1.61. The lowest BCUT2D eigenvalue weighted by molar-refractivity contribution is 0.100. The second-order valence-electron chi connectivity index (χ2n) is 2.49. The Kier molecular flexibility index (Phi) is 3.22. The Labute approximate surface area is 89.0 Å². The Morgan fingerprint density at radius 3 is 2.54 bits per heavy atom. The number of carbonyl (C=O) groups is 2. The maximum atomic E-state index is 11.1. The molecule has 0 radical (unpaired) electrons. The van der Waals surface area contributed by atoms with Crippen LogP contribution in [-0.4, -0.2) is 12.1 Å². The molecule has 0 bridgehead atoms. The average Bonchev–Trinajstić information content (AvgIpc) is 2.07. The van der Waals surface area contributed by atoms with Gasteiger partial charge in [0, 0.05) is 15.6 Å². The quantitative estimate of drug-likeness (QED) is 0.605. The minimum Gasteiger partial charge on any atom is -0.298 e. The van der Waals surface area contributed by atoms with E-state index in [2.05, 4.69) is 15.9 Å². The molecule has 0 aliphatic carbocycles. The van der Waals surface area contributed by atoms with Gasteiger partial charge in [0.15, 0.2) is 12.1 Å². The van der Waals surface area contributed by atoms with E-state index in [-0.39, 0.29) is 11.3 Å². The number of halogens is 2. The second kappa shape index (κ2) is 4.03. The number of rotatable bonds is 2. The van der Waals surface area contributed by atoms with Crippen LogP contribution in [0.5, 0.6) is 0 Å². The van der Waals surface area contributed by atoms with Crippen molar-refractivity contribution in [2.24, 2.45) is 0 Å². The van der Waals surface area contributed by atoms with Gasteiger partial charge in [0.2, 0.25) is 0 Å². The van der Waals surface area contributed by atoms with Crippen LogP contribution in [0.4, 0.5) is 0 Å². The van der Waals surface area contributed by atoms with Gasteiger partial charge in [-0.25, -0.2) is 0 Å². The normalized spacial score (nSPS) is 9.77. The molecule has 0 fully saturated rings. The molecular formula is C9H6BrClO2. The highest BCUT2D eigenvalue weighted by atomic mass is 79.9. The molecule has 0 amide bonds. The maximum absolute atomic E-state index is 11.1. The number of benzene rings is 1. The van der Waals surface area contributed by atoms with Gasteiger partial charge in [0.1, 0.15) is 0 Å². The molecule has 0 spiro atoms. The number of hydrogen-bond acceptors (Lipinski definition) is 2. The van der Waals surface area contributed by atoms with E-state index in [9.17, 15) is 9.59 Å².